The van der Waals surface area contributed by atoms with Crippen molar-refractivity contribution in [3.05, 3.63) is 36.6 Å². The summed E-state index contributed by atoms with van der Waals surface area (Å²) >= 11 is 0. The van der Waals surface area contributed by atoms with Crippen LogP contribution in [0, 0.1) is 5.41 Å². The maximum Gasteiger partial charge on any atom is 0.410 e. The smallest absolute Gasteiger partial charge is 0.410 e. The minimum absolute atomic E-state index is 0.106. The lowest BCUT2D eigenvalue weighted by Gasteiger charge is -2.46. The zero-order valence-corrected chi connectivity index (χ0v) is 11.2. The van der Waals surface area contributed by atoms with Gasteiger partial charge in [0.15, 0.2) is 0 Å². The third-order valence-electron chi connectivity index (χ3n) is 3.41. The lowest BCUT2D eigenvalue weighted by molar-refractivity contribution is -0.133. The van der Waals surface area contributed by atoms with Gasteiger partial charge in [0.2, 0.25) is 5.91 Å². The van der Waals surface area contributed by atoms with Gasteiger partial charge >= 0.3 is 6.09 Å². The second-order valence-corrected chi connectivity index (χ2v) is 5.06. The highest BCUT2D eigenvalue weighted by molar-refractivity contribution is 5.95. The average molecular weight is 262 g/mol. The fourth-order valence-corrected chi connectivity index (χ4v) is 2.48. The van der Waals surface area contributed by atoms with E-state index < -0.39 is 5.41 Å². The molecule has 0 saturated carbocycles. The molecule has 1 N–H and O–H groups in total. The molecule has 5 nitrogen and oxygen atoms in total. The molecule has 1 fully saturated rings. The highest BCUT2D eigenvalue weighted by atomic mass is 16.6. The Morgan fingerprint density at radius 3 is 2.53 bits per heavy atom. The Kier molecular flexibility index (Phi) is 3.22. The third-order valence-corrected chi connectivity index (χ3v) is 3.41. The molecular weight excluding hydrogens is 244 g/mol. The van der Waals surface area contributed by atoms with Gasteiger partial charge in [-0.3, -0.25) is 4.79 Å². The number of nitrogens with zero attached hydrogens (tertiary/aromatic N) is 1. The van der Waals surface area contributed by atoms with Gasteiger partial charge in [0, 0.05) is 18.8 Å². The Balaban J connectivity index is 2.14. The van der Waals surface area contributed by atoms with Crippen molar-refractivity contribution in [2.75, 3.05) is 13.1 Å². The number of hydrogen-bond donors (Lipinski definition) is 1. The molecule has 2 rings (SSSR count). The number of amides is 2. The first-order chi connectivity index (χ1) is 8.94. The number of rotatable bonds is 3. The first kappa shape index (κ1) is 13.4. The zero-order chi connectivity index (χ0) is 14.2. The van der Waals surface area contributed by atoms with Gasteiger partial charge < -0.3 is 15.0 Å². The molecule has 0 atom stereocenters. The Labute approximate surface area is 112 Å². The quantitative estimate of drug-likeness (QED) is 0.840. The molecule has 1 spiro atoms. The van der Waals surface area contributed by atoms with Crippen LogP contribution in [-0.2, 0) is 9.53 Å². The van der Waals surface area contributed by atoms with Gasteiger partial charge in [0.1, 0.15) is 5.41 Å². The van der Waals surface area contributed by atoms with Gasteiger partial charge in [0.05, 0.1) is 6.10 Å². The normalized spacial score (nSPS) is 20.4. The van der Waals surface area contributed by atoms with E-state index in [9.17, 15) is 9.59 Å². The van der Waals surface area contributed by atoms with Gasteiger partial charge in [-0.1, -0.05) is 19.2 Å². The SMILES string of the molecule is C=CC1=C(C=C)C2(CN(C(=O)OC(C)C)C2)C(=O)N1. The monoisotopic (exact) mass is 262 g/mol. The molecule has 2 aliphatic heterocycles. The van der Waals surface area contributed by atoms with E-state index in [1.807, 2.05) is 0 Å². The van der Waals surface area contributed by atoms with Crippen LogP contribution in [0.5, 0.6) is 0 Å². The van der Waals surface area contributed by atoms with Crippen molar-refractivity contribution in [1.29, 1.82) is 0 Å². The van der Waals surface area contributed by atoms with E-state index in [4.69, 9.17) is 4.74 Å². The van der Waals surface area contributed by atoms with Crippen LogP contribution < -0.4 is 5.32 Å². The first-order valence-corrected chi connectivity index (χ1v) is 6.21. The van der Waals surface area contributed by atoms with Gasteiger partial charge in [-0.15, -0.1) is 0 Å². The summed E-state index contributed by atoms with van der Waals surface area (Å²) in [5.74, 6) is -0.106. The number of carbonyl (C=O) groups excluding carboxylic acids is 2. The van der Waals surface area contributed by atoms with Crippen LogP contribution in [0.3, 0.4) is 0 Å². The van der Waals surface area contributed by atoms with E-state index >= 15 is 0 Å². The summed E-state index contributed by atoms with van der Waals surface area (Å²) in [5.41, 5.74) is 0.805. The standard InChI is InChI=1S/C14H18N2O3/c1-5-10-11(6-2)15-12(17)14(10)7-16(8-14)13(18)19-9(3)4/h5-6,9H,1-2,7-8H2,3-4H3,(H,15,17). The predicted molar refractivity (Wildman–Crippen MR) is 71.2 cm³/mol. The van der Waals surface area contributed by atoms with E-state index in [1.165, 1.54) is 4.90 Å². The molecular formula is C14H18N2O3. The average Bonchev–Trinajstić information content (AvgIpc) is 2.57. The first-order valence-electron chi connectivity index (χ1n) is 6.21. The summed E-state index contributed by atoms with van der Waals surface area (Å²) in [4.78, 5) is 25.3. The molecule has 0 bridgehead atoms. The molecule has 0 aliphatic carbocycles. The third kappa shape index (κ3) is 1.95. The number of allylic oxidation sites excluding steroid dienone is 2. The van der Waals surface area contributed by atoms with E-state index in [2.05, 4.69) is 18.5 Å². The zero-order valence-electron chi connectivity index (χ0n) is 11.2. The van der Waals surface area contributed by atoms with E-state index in [0.717, 1.165) is 5.57 Å². The molecule has 2 heterocycles. The van der Waals surface area contributed by atoms with E-state index in [-0.39, 0.29) is 18.1 Å². The number of carbonyl (C=O) groups is 2. The van der Waals surface area contributed by atoms with Gasteiger partial charge in [-0.25, -0.2) is 4.79 Å². The van der Waals surface area contributed by atoms with Gasteiger partial charge in [-0.2, -0.15) is 0 Å². The van der Waals surface area contributed by atoms with Crippen molar-refractivity contribution < 1.29 is 14.3 Å². The molecule has 0 aromatic heterocycles. The summed E-state index contributed by atoms with van der Waals surface area (Å²) in [6.45, 7) is 11.6. The fraction of sp³-hybridized carbons (Fsp3) is 0.429. The largest absolute Gasteiger partial charge is 0.447 e. The Morgan fingerprint density at radius 2 is 2.05 bits per heavy atom. The molecule has 0 unspecified atom stereocenters. The summed E-state index contributed by atoms with van der Waals surface area (Å²) in [6, 6.07) is 0. The van der Waals surface area contributed by atoms with Crippen LogP contribution in [-0.4, -0.2) is 36.1 Å². The highest BCUT2D eigenvalue weighted by Crippen LogP contribution is 2.44. The van der Waals surface area contributed by atoms with Crippen LogP contribution in [0.2, 0.25) is 0 Å². The molecule has 19 heavy (non-hydrogen) atoms. The van der Waals surface area contributed by atoms with E-state index in [1.54, 1.807) is 26.0 Å². The molecule has 5 heteroatoms. The summed E-state index contributed by atoms with van der Waals surface area (Å²) in [7, 11) is 0. The minimum atomic E-state index is -0.679. The topological polar surface area (TPSA) is 58.6 Å². The van der Waals surface area contributed by atoms with Gasteiger partial charge in [-0.05, 0) is 25.5 Å². The molecule has 2 aliphatic rings. The van der Waals surface area contributed by atoms with Crippen molar-refractivity contribution in [1.82, 2.24) is 10.2 Å². The molecule has 2 amide bonds. The molecule has 0 radical (unpaired) electrons. The summed E-state index contributed by atoms with van der Waals surface area (Å²) < 4.78 is 5.11. The molecule has 0 aromatic rings. The predicted octanol–water partition coefficient (Wildman–Crippen LogP) is 1.59. The summed E-state index contributed by atoms with van der Waals surface area (Å²) in [5, 5.41) is 2.77. The molecule has 1 saturated heterocycles. The minimum Gasteiger partial charge on any atom is -0.447 e. The van der Waals surface area contributed by atoms with Crippen LogP contribution in [0.1, 0.15) is 13.8 Å². The molecule has 102 valence electrons. The van der Waals surface area contributed by atoms with Gasteiger partial charge in [0.25, 0.3) is 0 Å². The highest BCUT2D eigenvalue weighted by Gasteiger charge is 2.57. The fourth-order valence-electron chi connectivity index (χ4n) is 2.48. The second kappa shape index (κ2) is 4.57. The van der Waals surface area contributed by atoms with Crippen molar-refractivity contribution in [2.24, 2.45) is 5.41 Å². The maximum atomic E-state index is 12.1. The lowest BCUT2D eigenvalue weighted by atomic mass is 9.74. The van der Waals surface area contributed by atoms with Crippen molar-refractivity contribution in [2.45, 2.75) is 20.0 Å². The van der Waals surface area contributed by atoms with Crippen LogP contribution in [0.15, 0.2) is 36.6 Å². The number of hydrogen-bond acceptors (Lipinski definition) is 3. The van der Waals surface area contributed by atoms with Crippen LogP contribution in [0.25, 0.3) is 0 Å². The lowest BCUT2D eigenvalue weighted by Crippen LogP contribution is -2.63. The number of likely N-dealkylation sites (tertiary alicyclic amines) is 1. The van der Waals surface area contributed by atoms with Crippen molar-refractivity contribution in [3.8, 4) is 0 Å². The second-order valence-electron chi connectivity index (χ2n) is 5.06. The Hall–Kier alpha value is -2.04. The number of nitrogens with one attached hydrogen (secondary N) is 1. The van der Waals surface area contributed by atoms with Crippen LogP contribution >= 0.6 is 0 Å². The van der Waals surface area contributed by atoms with Crippen LogP contribution in [0.4, 0.5) is 4.79 Å². The van der Waals surface area contributed by atoms with Crippen molar-refractivity contribution >= 4 is 12.0 Å². The van der Waals surface area contributed by atoms with E-state index in [0.29, 0.717) is 18.8 Å². The Bertz CT molecular complexity index is 485. The Morgan fingerprint density at radius 1 is 1.42 bits per heavy atom. The number of ether oxygens (including phenoxy) is 1. The summed E-state index contributed by atoms with van der Waals surface area (Å²) in [6.07, 6.45) is 2.70. The molecule has 0 aromatic carbocycles. The van der Waals surface area contributed by atoms with Crippen molar-refractivity contribution in [3.63, 3.8) is 0 Å². The maximum absolute atomic E-state index is 12.1.